The van der Waals surface area contributed by atoms with Crippen molar-refractivity contribution in [3.05, 3.63) is 47.8 Å². The fraction of sp³-hybridized carbons (Fsp3) is 0.471. The number of carbonyl (C=O) groups excluding carboxylic acids is 1. The highest BCUT2D eigenvalue weighted by atomic mass is 16.3. The molecule has 1 amide bonds. The standard InChI is InChI=1S/C17H22N4O2/c22-16(18-13-17(23)9-5-2-6-10-17)15-12-21(20-19-15)11-14-7-3-1-4-8-14/h1,3-4,7-8,12,23H,2,5-6,9-11,13H2,(H,18,22). The van der Waals surface area contributed by atoms with Gasteiger partial charge >= 0.3 is 0 Å². The molecule has 0 atom stereocenters. The average molecular weight is 314 g/mol. The topological polar surface area (TPSA) is 80.0 Å². The van der Waals surface area contributed by atoms with Crippen molar-refractivity contribution >= 4 is 5.91 Å². The smallest absolute Gasteiger partial charge is 0.273 e. The second kappa shape index (κ2) is 6.91. The molecule has 0 radical (unpaired) electrons. The summed E-state index contributed by atoms with van der Waals surface area (Å²) in [6.45, 7) is 0.850. The minimum atomic E-state index is -0.770. The largest absolute Gasteiger partial charge is 0.388 e. The minimum absolute atomic E-state index is 0.275. The number of benzene rings is 1. The number of nitrogens with zero attached hydrogens (tertiary/aromatic N) is 3. The SMILES string of the molecule is O=C(NCC1(O)CCCCC1)c1cn(Cc2ccccc2)nn1. The van der Waals surface area contributed by atoms with E-state index in [0.717, 1.165) is 37.7 Å². The summed E-state index contributed by atoms with van der Waals surface area (Å²) in [6.07, 6.45) is 6.30. The lowest BCUT2D eigenvalue weighted by Gasteiger charge is -2.31. The van der Waals surface area contributed by atoms with Crippen molar-refractivity contribution in [3.8, 4) is 0 Å². The molecular weight excluding hydrogens is 292 g/mol. The molecule has 2 N–H and O–H groups in total. The fourth-order valence-corrected chi connectivity index (χ4v) is 2.97. The lowest BCUT2D eigenvalue weighted by Crippen LogP contribution is -2.44. The van der Waals surface area contributed by atoms with Gasteiger partial charge in [-0.15, -0.1) is 5.10 Å². The van der Waals surface area contributed by atoms with Gasteiger partial charge in [0.2, 0.25) is 0 Å². The summed E-state index contributed by atoms with van der Waals surface area (Å²) in [5, 5.41) is 21.1. The van der Waals surface area contributed by atoms with Crippen molar-refractivity contribution in [1.82, 2.24) is 20.3 Å². The van der Waals surface area contributed by atoms with Crippen LogP contribution in [0.3, 0.4) is 0 Å². The first-order chi connectivity index (χ1) is 11.1. The molecule has 6 heteroatoms. The van der Waals surface area contributed by atoms with Crippen LogP contribution in [0.25, 0.3) is 0 Å². The van der Waals surface area contributed by atoms with Gasteiger partial charge in [-0.05, 0) is 18.4 Å². The molecule has 0 aliphatic heterocycles. The van der Waals surface area contributed by atoms with Gasteiger partial charge in [0, 0.05) is 6.54 Å². The number of rotatable bonds is 5. The Labute approximate surface area is 135 Å². The van der Waals surface area contributed by atoms with Gasteiger partial charge in [0.1, 0.15) is 0 Å². The predicted octanol–water partition coefficient (Wildman–Crippen LogP) is 1.75. The molecule has 0 saturated heterocycles. The van der Waals surface area contributed by atoms with Crippen LogP contribution in [0.15, 0.2) is 36.5 Å². The van der Waals surface area contributed by atoms with E-state index in [1.54, 1.807) is 10.9 Å². The van der Waals surface area contributed by atoms with Crippen molar-refractivity contribution in [2.75, 3.05) is 6.54 Å². The number of aromatic nitrogens is 3. The van der Waals surface area contributed by atoms with Gasteiger partial charge in [-0.3, -0.25) is 4.79 Å². The number of nitrogens with one attached hydrogen (secondary N) is 1. The van der Waals surface area contributed by atoms with Gasteiger partial charge in [0.25, 0.3) is 5.91 Å². The Morgan fingerprint density at radius 1 is 1.22 bits per heavy atom. The molecule has 0 bridgehead atoms. The zero-order valence-electron chi connectivity index (χ0n) is 13.1. The Kier molecular flexibility index (Phi) is 4.71. The van der Waals surface area contributed by atoms with E-state index < -0.39 is 5.60 Å². The molecule has 6 nitrogen and oxygen atoms in total. The lowest BCUT2D eigenvalue weighted by molar-refractivity contribution is 0.00521. The quantitative estimate of drug-likeness (QED) is 0.881. The first-order valence-corrected chi connectivity index (χ1v) is 8.09. The second-order valence-corrected chi connectivity index (χ2v) is 6.25. The fourth-order valence-electron chi connectivity index (χ4n) is 2.97. The zero-order valence-corrected chi connectivity index (χ0v) is 13.1. The summed E-state index contributed by atoms with van der Waals surface area (Å²) in [4.78, 5) is 12.2. The number of amides is 1. The third kappa shape index (κ3) is 4.16. The summed E-state index contributed by atoms with van der Waals surface area (Å²) in [7, 11) is 0. The van der Waals surface area contributed by atoms with Crippen LogP contribution in [0.5, 0.6) is 0 Å². The van der Waals surface area contributed by atoms with E-state index >= 15 is 0 Å². The van der Waals surface area contributed by atoms with Gasteiger partial charge in [-0.2, -0.15) is 0 Å². The van der Waals surface area contributed by atoms with E-state index in [9.17, 15) is 9.90 Å². The van der Waals surface area contributed by atoms with E-state index in [2.05, 4.69) is 15.6 Å². The summed E-state index contributed by atoms with van der Waals surface area (Å²) in [5.74, 6) is -0.289. The van der Waals surface area contributed by atoms with Crippen LogP contribution in [-0.2, 0) is 6.54 Å². The van der Waals surface area contributed by atoms with Gasteiger partial charge in [-0.25, -0.2) is 4.68 Å². The number of hydrogen-bond acceptors (Lipinski definition) is 4. The van der Waals surface area contributed by atoms with Crippen molar-refractivity contribution in [2.45, 2.75) is 44.2 Å². The molecule has 3 rings (SSSR count). The second-order valence-electron chi connectivity index (χ2n) is 6.25. The maximum Gasteiger partial charge on any atom is 0.273 e. The molecule has 23 heavy (non-hydrogen) atoms. The zero-order chi connectivity index (χ0) is 16.1. The highest BCUT2D eigenvalue weighted by Crippen LogP contribution is 2.27. The first kappa shape index (κ1) is 15.7. The molecule has 1 aromatic heterocycles. The molecule has 1 fully saturated rings. The highest BCUT2D eigenvalue weighted by molar-refractivity contribution is 5.91. The van der Waals surface area contributed by atoms with E-state index in [1.165, 1.54) is 0 Å². The van der Waals surface area contributed by atoms with Crippen molar-refractivity contribution in [3.63, 3.8) is 0 Å². The summed E-state index contributed by atoms with van der Waals surface area (Å²) in [5.41, 5.74) is 0.606. The van der Waals surface area contributed by atoms with Gasteiger partial charge in [-0.1, -0.05) is 54.8 Å². The molecule has 1 heterocycles. The van der Waals surface area contributed by atoms with Crippen LogP contribution in [-0.4, -0.2) is 38.2 Å². The molecule has 0 spiro atoms. The number of hydrogen-bond donors (Lipinski definition) is 2. The van der Waals surface area contributed by atoms with Gasteiger partial charge < -0.3 is 10.4 Å². The van der Waals surface area contributed by atoms with Crippen molar-refractivity contribution in [2.24, 2.45) is 0 Å². The van der Waals surface area contributed by atoms with Gasteiger partial charge in [0.15, 0.2) is 5.69 Å². The van der Waals surface area contributed by atoms with E-state index in [1.807, 2.05) is 30.3 Å². The van der Waals surface area contributed by atoms with Gasteiger partial charge in [0.05, 0.1) is 18.3 Å². The summed E-state index contributed by atoms with van der Waals surface area (Å²) >= 11 is 0. The third-order valence-electron chi connectivity index (χ3n) is 4.32. The van der Waals surface area contributed by atoms with Crippen molar-refractivity contribution in [1.29, 1.82) is 0 Å². The average Bonchev–Trinajstić information content (AvgIpc) is 3.03. The third-order valence-corrected chi connectivity index (χ3v) is 4.32. The highest BCUT2D eigenvalue weighted by Gasteiger charge is 2.29. The van der Waals surface area contributed by atoms with Crippen LogP contribution >= 0.6 is 0 Å². The van der Waals surface area contributed by atoms with Crippen LogP contribution in [0.4, 0.5) is 0 Å². The Morgan fingerprint density at radius 2 is 1.96 bits per heavy atom. The van der Waals surface area contributed by atoms with Crippen LogP contribution in [0.1, 0.15) is 48.2 Å². The predicted molar refractivity (Wildman–Crippen MR) is 85.9 cm³/mol. The Bertz CT molecular complexity index is 648. The molecule has 1 aliphatic carbocycles. The Hall–Kier alpha value is -2.21. The van der Waals surface area contributed by atoms with Crippen LogP contribution in [0, 0.1) is 0 Å². The minimum Gasteiger partial charge on any atom is -0.388 e. The molecule has 1 aromatic carbocycles. The van der Waals surface area contributed by atoms with E-state index in [-0.39, 0.29) is 18.1 Å². The molecule has 2 aromatic rings. The normalized spacial score (nSPS) is 16.9. The number of aliphatic hydroxyl groups is 1. The molecule has 1 aliphatic rings. The molecule has 122 valence electrons. The molecule has 1 saturated carbocycles. The van der Waals surface area contributed by atoms with Crippen LogP contribution in [0.2, 0.25) is 0 Å². The molecular formula is C17H22N4O2. The maximum atomic E-state index is 12.2. The lowest BCUT2D eigenvalue weighted by atomic mass is 9.85. The summed E-state index contributed by atoms with van der Waals surface area (Å²) < 4.78 is 1.64. The van der Waals surface area contributed by atoms with Crippen LogP contribution < -0.4 is 5.32 Å². The van der Waals surface area contributed by atoms with E-state index in [4.69, 9.17) is 0 Å². The molecule has 0 unspecified atom stereocenters. The van der Waals surface area contributed by atoms with E-state index in [0.29, 0.717) is 6.54 Å². The van der Waals surface area contributed by atoms with Crippen molar-refractivity contribution < 1.29 is 9.90 Å². The Balaban J connectivity index is 1.56. The monoisotopic (exact) mass is 314 g/mol. The number of carbonyl (C=O) groups is 1. The summed E-state index contributed by atoms with van der Waals surface area (Å²) in [6, 6.07) is 9.88. The maximum absolute atomic E-state index is 12.2. The Morgan fingerprint density at radius 3 is 2.70 bits per heavy atom. The first-order valence-electron chi connectivity index (χ1n) is 8.09.